The van der Waals surface area contributed by atoms with E-state index in [4.69, 9.17) is 4.74 Å². The van der Waals surface area contributed by atoms with E-state index in [0.29, 0.717) is 35.6 Å². The van der Waals surface area contributed by atoms with Crippen LogP contribution in [0.15, 0.2) is 47.3 Å². The number of halogens is 4. The number of pyridine rings is 1. The Morgan fingerprint density at radius 3 is 2.53 bits per heavy atom. The highest BCUT2D eigenvalue weighted by Gasteiger charge is 2.35. The predicted octanol–water partition coefficient (Wildman–Crippen LogP) is 3.66. The number of hydrogen-bond acceptors (Lipinski definition) is 5. The second kappa shape index (κ2) is 8.49. The number of benzene rings is 2. The van der Waals surface area contributed by atoms with Crippen molar-refractivity contribution >= 4 is 23.0 Å². The molecule has 0 saturated carbocycles. The van der Waals surface area contributed by atoms with Crippen molar-refractivity contribution in [3.05, 3.63) is 81.3 Å². The summed E-state index contributed by atoms with van der Waals surface area (Å²) in [5.41, 5.74) is 1.21. The number of carbonyl (C=O) groups excluding carboxylic acids is 1. The minimum atomic E-state index is -3.07. The van der Waals surface area contributed by atoms with Gasteiger partial charge in [-0.2, -0.15) is 8.78 Å². The number of fused-ring (bicyclic) bond motifs is 8. The summed E-state index contributed by atoms with van der Waals surface area (Å²) in [7, 11) is 0. The Balaban J connectivity index is 1.77. The Morgan fingerprint density at radius 2 is 1.74 bits per heavy atom. The van der Waals surface area contributed by atoms with E-state index in [2.05, 4.69) is 10.3 Å². The van der Waals surface area contributed by atoms with Gasteiger partial charge in [0.15, 0.2) is 11.6 Å². The molecule has 11 heteroatoms. The molecule has 1 aromatic heterocycles. The van der Waals surface area contributed by atoms with Gasteiger partial charge in [0.1, 0.15) is 12.4 Å². The van der Waals surface area contributed by atoms with Crippen LogP contribution in [0.5, 0.6) is 5.75 Å². The molecule has 2 aliphatic heterocycles. The predicted molar refractivity (Wildman–Crippen MR) is 116 cm³/mol. The van der Waals surface area contributed by atoms with E-state index in [-0.39, 0.29) is 35.8 Å². The first kappa shape index (κ1) is 22.0. The first-order chi connectivity index (χ1) is 16.3. The van der Waals surface area contributed by atoms with Gasteiger partial charge in [0, 0.05) is 42.9 Å². The molecular weight excluding hydrogens is 456 g/mol. The molecule has 3 heterocycles. The quantitative estimate of drug-likeness (QED) is 0.555. The first-order valence-electron chi connectivity index (χ1n) is 10.4. The Bertz CT molecular complexity index is 1340. The summed E-state index contributed by atoms with van der Waals surface area (Å²) in [6.45, 7) is -2.76. The molecule has 2 aliphatic rings. The molecule has 0 saturated heterocycles. The van der Waals surface area contributed by atoms with Crippen LogP contribution in [-0.4, -0.2) is 30.7 Å². The molecule has 0 unspecified atom stereocenters. The third-order valence-corrected chi connectivity index (χ3v) is 5.82. The zero-order valence-electron chi connectivity index (χ0n) is 17.6. The second-order valence-electron chi connectivity index (χ2n) is 7.83. The lowest BCUT2D eigenvalue weighted by atomic mass is 10.0. The topological polar surface area (TPSA) is 77.7 Å². The van der Waals surface area contributed by atoms with E-state index in [1.807, 2.05) is 0 Å². The Kier molecular flexibility index (Phi) is 5.48. The van der Waals surface area contributed by atoms with E-state index >= 15 is 0 Å². The van der Waals surface area contributed by atoms with Crippen molar-refractivity contribution in [1.29, 1.82) is 0 Å². The number of amides is 1. The fraction of sp³-hybridized carbons (Fsp3) is 0.217. The van der Waals surface area contributed by atoms with Crippen LogP contribution < -0.4 is 25.4 Å². The van der Waals surface area contributed by atoms with Crippen molar-refractivity contribution in [3.63, 3.8) is 0 Å². The fourth-order valence-corrected chi connectivity index (χ4v) is 4.32. The second-order valence-corrected chi connectivity index (χ2v) is 7.83. The average Bonchev–Trinajstić information content (AvgIpc) is 2.81. The maximum atomic E-state index is 14.3. The van der Waals surface area contributed by atoms with Crippen LogP contribution >= 0.6 is 0 Å². The minimum Gasteiger partial charge on any atom is -0.434 e. The van der Waals surface area contributed by atoms with Gasteiger partial charge in [-0.15, -0.1) is 0 Å². The highest BCUT2D eigenvalue weighted by molar-refractivity contribution is 6.12. The Morgan fingerprint density at radius 1 is 0.941 bits per heavy atom. The summed E-state index contributed by atoms with van der Waals surface area (Å²) in [5, 5.41) is 3.14. The van der Waals surface area contributed by atoms with E-state index in [1.54, 1.807) is 6.07 Å². The van der Waals surface area contributed by atoms with E-state index in [0.717, 1.165) is 12.1 Å². The van der Waals surface area contributed by atoms with E-state index in [1.165, 1.54) is 34.1 Å². The van der Waals surface area contributed by atoms with Gasteiger partial charge in [0.05, 0.1) is 22.6 Å². The number of anilines is 3. The van der Waals surface area contributed by atoms with Crippen LogP contribution in [0, 0.1) is 11.6 Å². The van der Waals surface area contributed by atoms with Gasteiger partial charge >= 0.3 is 6.61 Å². The van der Waals surface area contributed by atoms with Crippen LogP contribution in [0.3, 0.4) is 0 Å². The number of nitrogens with zero attached hydrogens (tertiary/aromatic N) is 2. The van der Waals surface area contributed by atoms with Crippen LogP contribution in [0.2, 0.25) is 0 Å². The average molecular weight is 474 g/mol. The fourth-order valence-electron chi connectivity index (χ4n) is 4.32. The number of H-pyrrole nitrogens is 1. The maximum absolute atomic E-state index is 14.3. The van der Waals surface area contributed by atoms with Crippen molar-refractivity contribution in [1.82, 2.24) is 10.3 Å². The molecule has 2 aromatic carbocycles. The molecule has 0 spiro atoms. The van der Waals surface area contributed by atoms with Gasteiger partial charge in [0.2, 0.25) is 5.56 Å². The molecule has 0 atom stereocenters. The number of rotatable bonds is 2. The van der Waals surface area contributed by atoms with Crippen LogP contribution in [-0.2, 0) is 13.0 Å². The van der Waals surface area contributed by atoms with Crippen molar-refractivity contribution in [2.45, 2.75) is 19.6 Å². The maximum Gasteiger partial charge on any atom is 0.387 e. The zero-order chi connectivity index (χ0) is 24.0. The normalized spacial score (nSPS) is 15.4. The number of carbonyl (C=O) groups is 1. The molecule has 7 nitrogen and oxygen atoms in total. The zero-order valence-corrected chi connectivity index (χ0v) is 17.6. The highest BCUT2D eigenvalue weighted by Crippen LogP contribution is 2.41. The molecule has 2 bridgehead atoms. The van der Waals surface area contributed by atoms with Gasteiger partial charge in [-0.05, 0) is 24.3 Å². The standard InChI is InChI=1S/C23H18F4N4O3/c24-14-8-12-19(9-15(14)25)30-11-31(22(12)33)18-4-5-21(32)29-16(18)6-7-28-10-13-17(30)2-1-3-20(13)34-23(26)27/h1-5,8-9,23,28H,6-7,10-11H2,(H,29,32). The number of hydrogen-bond donors (Lipinski definition) is 2. The molecule has 0 radical (unpaired) electrons. The smallest absolute Gasteiger partial charge is 0.387 e. The molecule has 3 aromatic rings. The lowest BCUT2D eigenvalue weighted by Gasteiger charge is -2.39. The molecule has 5 rings (SSSR count). The van der Waals surface area contributed by atoms with Crippen LogP contribution in [0.4, 0.5) is 34.6 Å². The summed E-state index contributed by atoms with van der Waals surface area (Å²) in [6, 6.07) is 9.00. The molecule has 0 aliphatic carbocycles. The van der Waals surface area contributed by atoms with Gasteiger partial charge in [0.25, 0.3) is 5.91 Å². The largest absolute Gasteiger partial charge is 0.434 e. The van der Waals surface area contributed by atoms with E-state index in [9.17, 15) is 27.2 Å². The molecule has 176 valence electrons. The third-order valence-electron chi connectivity index (χ3n) is 5.82. The summed E-state index contributed by atoms with van der Waals surface area (Å²) < 4.78 is 59.4. The van der Waals surface area contributed by atoms with Crippen LogP contribution in [0.1, 0.15) is 21.6 Å². The number of ether oxygens (including phenoxy) is 1. The number of alkyl halides is 2. The Labute approximate surface area is 190 Å². The van der Waals surface area contributed by atoms with E-state index < -0.39 is 24.2 Å². The van der Waals surface area contributed by atoms with Gasteiger partial charge in [-0.3, -0.25) is 14.5 Å². The lowest BCUT2D eigenvalue weighted by Crippen LogP contribution is -2.46. The summed E-state index contributed by atoms with van der Waals surface area (Å²) in [6.07, 6.45) is 0.313. The summed E-state index contributed by atoms with van der Waals surface area (Å²) >= 11 is 0. The van der Waals surface area contributed by atoms with Gasteiger partial charge in [-0.25, -0.2) is 8.78 Å². The highest BCUT2D eigenvalue weighted by atomic mass is 19.3. The van der Waals surface area contributed by atoms with Crippen molar-refractivity contribution in [3.8, 4) is 5.75 Å². The van der Waals surface area contributed by atoms with Gasteiger partial charge in [-0.1, -0.05) is 6.07 Å². The number of aromatic nitrogens is 1. The molecular formula is C23H18F4N4O3. The first-order valence-corrected chi connectivity index (χ1v) is 10.4. The van der Waals surface area contributed by atoms with Crippen molar-refractivity contribution in [2.24, 2.45) is 0 Å². The summed E-state index contributed by atoms with van der Waals surface area (Å²) in [4.78, 5) is 30.9. The molecule has 1 amide bonds. The molecule has 0 fully saturated rings. The van der Waals surface area contributed by atoms with Crippen molar-refractivity contribution < 1.29 is 27.1 Å². The number of nitrogens with one attached hydrogen (secondary N) is 2. The minimum absolute atomic E-state index is 0.0841. The molecule has 34 heavy (non-hydrogen) atoms. The summed E-state index contributed by atoms with van der Waals surface area (Å²) in [5.74, 6) is -3.03. The Hall–Kier alpha value is -3.86. The monoisotopic (exact) mass is 474 g/mol. The third kappa shape index (κ3) is 3.77. The molecule has 2 N–H and O–H groups in total. The van der Waals surface area contributed by atoms with Crippen molar-refractivity contribution in [2.75, 3.05) is 23.0 Å². The number of aromatic amines is 1. The van der Waals surface area contributed by atoms with Gasteiger partial charge < -0.3 is 19.9 Å². The lowest BCUT2D eigenvalue weighted by molar-refractivity contribution is -0.0504. The van der Waals surface area contributed by atoms with Crippen LogP contribution in [0.25, 0.3) is 0 Å². The SMILES string of the molecule is O=C1c2cc(F)c(F)cc2N2CN1c1ccc(=O)[nH]c1CCNCc1c(OC(F)F)cccc12.